The lowest BCUT2D eigenvalue weighted by Gasteiger charge is -2.14. The van der Waals surface area contributed by atoms with Gasteiger partial charge in [-0.15, -0.1) is 11.3 Å². The van der Waals surface area contributed by atoms with Crippen LogP contribution >= 0.6 is 11.3 Å². The summed E-state index contributed by atoms with van der Waals surface area (Å²) in [6, 6.07) is 18.6. The van der Waals surface area contributed by atoms with Gasteiger partial charge in [0.1, 0.15) is 5.75 Å². The van der Waals surface area contributed by atoms with Gasteiger partial charge < -0.3 is 15.0 Å². The van der Waals surface area contributed by atoms with Crippen molar-refractivity contribution in [1.82, 2.24) is 19.9 Å². The number of hydrogen-bond donors (Lipinski definition) is 1. The molecule has 0 aliphatic carbocycles. The van der Waals surface area contributed by atoms with Crippen molar-refractivity contribution < 1.29 is 4.74 Å². The first-order chi connectivity index (χ1) is 18.1. The van der Waals surface area contributed by atoms with Gasteiger partial charge in [0.05, 0.1) is 28.4 Å². The summed E-state index contributed by atoms with van der Waals surface area (Å²) in [5.74, 6) is 1.72. The predicted octanol–water partition coefficient (Wildman–Crippen LogP) is 7.17. The van der Waals surface area contributed by atoms with Gasteiger partial charge in [0, 0.05) is 23.4 Å². The molecule has 2 aromatic heterocycles. The Morgan fingerprint density at radius 1 is 1.03 bits per heavy atom. The fourth-order valence-corrected chi connectivity index (χ4v) is 5.73. The highest BCUT2D eigenvalue weighted by atomic mass is 32.1. The first-order valence-corrected chi connectivity index (χ1v) is 14.0. The first kappa shape index (κ1) is 25.4. The van der Waals surface area contributed by atoms with Gasteiger partial charge in [0.2, 0.25) is 5.95 Å². The molecule has 3 heterocycles. The summed E-state index contributed by atoms with van der Waals surface area (Å²) in [7, 11) is 1.68. The van der Waals surface area contributed by atoms with E-state index < -0.39 is 0 Å². The molecule has 6 nitrogen and oxygen atoms in total. The van der Waals surface area contributed by atoms with Gasteiger partial charge >= 0.3 is 0 Å². The van der Waals surface area contributed by atoms with E-state index in [-0.39, 0.29) is 0 Å². The fraction of sp³-hybridized carbons (Fsp3) is 0.367. The van der Waals surface area contributed by atoms with Crippen LogP contribution in [0.5, 0.6) is 5.75 Å². The normalized spacial score (nSPS) is 13.8. The highest BCUT2D eigenvalue weighted by Gasteiger charge is 2.19. The van der Waals surface area contributed by atoms with Crippen LogP contribution in [0, 0.1) is 0 Å². The minimum atomic E-state index is 0.330. The highest BCUT2D eigenvalue weighted by molar-refractivity contribution is 7.15. The Morgan fingerprint density at radius 3 is 2.59 bits per heavy atom. The summed E-state index contributed by atoms with van der Waals surface area (Å²) in [6.45, 7) is 8.07. The van der Waals surface area contributed by atoms with Crippen molar-refractivity contribution in [3.05, 3.63) is 71.4 Å². The molecule has 0 atom stereocenters. The Balaban J connectivity index is 1.32. The molecule has 37 heavy (non-hydrogen) atoms. The van der Waals surface area contributed by atoms with E-state index in [0.717, 1.165) is 44.7 Å². The maximum Gasteiger partial charge on any atom is 0.227 e. The summed E-state index contributed by atoms with van der Waals surface area (Å²) in [5, 5.41) is 4.47. The molecule has 1 saturated heterocycles. The molecule has 192 valence electrons. The van der Waals surface area contributed by atoms with E-state index >= 15 is 0 Å². The van der Waals surface area contributed by atoms with E-state index in [4.69, 9.17) is 14.7 Å². The smallest absolute Gasteiger partial charge is 0.227 e. The second-order valence-electron chi connectivity index (χ2n) is 9.86. The quantitative estimate of drug-likeness (QED) is 0.242. The lowest BCUT2D eigenvalue weighted by atomic mass is 10.1. The molecule has 0 bridgehead atoms. The van der Waals surface area contributed by atoms with Gasteiger partial charge in [-0.2, -0.15) is 0 Å². The summed E-state index contributed by atoms with van der Waals surface area (Å²) in [6.07, 6.45) is 6.84. The van der Waals surface area contributed by atoms with Gasteiger partial charge in [0.15, 0.2) is 0 Å². The topological polar surface area (TPSA) is 63.2 Å². The number of methoxy groups -OCH3 is 1. The highest BCUT2D eigenvalue weighted by Crippen LogP contribution is 2.39. The standard InChI is InChI=1S/C30H35N5OS/c1-21(2)29-34-27(23-9-6-10-25(20-23)36-3)28(37-29)26-15-16-31-30(33-26)32-24-13-11-22(12-14-24)8-7-19-35-17-4-5-18-35/h6,9-16,20-21H,4-5,7-8,17-19H2,1-3H3,(H,31,32,33). The molecule has 7 heteroatoms. The van der Waals surface area contributed by atoms with E-state index in [1.807, 2.05) is 30.5 Å². The van der Waals surface area contributed by atoms with Crippen LogP contribution in [0.2, 0.25) is 0 Å². The lowest BCUT2D eigenvalue weighted by Crippen LogP contribution is -2.20. The molecular weight excluding hydrogens is 478 g/mol. The number of benzene rings is 2. The maximum absolute atomic E-state index is 5.45. The second-order valence-corrected chi connectivity index (χ2v) is 10.9. The third kappa shape index (κ3) is 6.35. The summed E-state index contributed by atoms with van der Waals surface area (Å²) in [4.78, 5) is 17.9. The number of likely N-dealkylation sites (tertiary alicyclic amines) is 1. The minimum Gasteiger partial charge on any atom is -0.497 e. The van der Waals surface area contributed by atoms with E-state index in [1.54, 1.807) is 18.4 Å². The third-order valence-electron chi connectivity index (χ3n) is 6.72. The Kier molecular flexibility index (Phi) is 8.12. The molecule has 1 aliphatic heterocycles. The Hall–Kier alpha value is -3.29. The SMILES string of the molecule is COc1cccc(-c2nc(C(C)C)sc2-c2ccnc(Nc3ccc(CCCN4CCCC4)cc3)n2)c1. The van der Waals surface area contributed by atoms with E-state index in [2.05, 4.69) is 59.4 Å². The fourth-order valence-electron chi connectivity index (χ4n) is 4.67. The second kappa shape index (κ2) is 11.8. The largest absolute Gasteiger partial charge is 0.497 e. The van der Waals surface area contributed by atoms with Crippen LogP contribution in [-0.2, 0) is 6.42 Å². The Labute approximate surface area is 223 Å². The molecule has 0 amide bonds. The van der Waals surface area contributed by atoms with Gasteiger partial charge in [-0.25, -0.2) is 15.0 Å². The van der Waals surface area contributed by atoms with Crippen LogP contribution in [0.25, 0.3) is 21.8 Å². The van der Waals surface area contributed by atoms with Crippen molar-refractivity contribution in [2.45, 2.75) is 45.4 Å². The van der Waals surface area contributed by atoms with E-state index in [9.17, 15) is 0 Å². The zero-order valence-electron chi connectivity index (χ0n) is 21.9. The zero-order valence-corrected chi connectivity index (χ0v) is 22.7. The summed E-state index contributed by atoms with van der Waals surface area (Å²) >= 11 is 1.69. The molecule has 1 N–H and O–H groups in total. The number of aryl methyl sites for hydroxylation is 1. The molecular formula is C30H35N5OS. The number of nitrogens with zero attached hydrogens (tertiary/aromatic N) is 4. The Bertz CT molecular complexity index is 1310. The molecule has 0 unspecified atom stereocenters. The van der Waals surface area contributed by atoms with E-state index in [1.165, 1.54) is 44.5 Å². The number of aromatic nitrogens is 3. The molecule has 4 aromatic rings. The Morgan fingerprint density at radius 2 is 1.84 bits per heavy atom. The lowest BCUT2D eigenvalue weighted by molar-refractivity contribution is 0.334. The van der Waals surface area contributed by atoms with Crippen LogP contribution in [0.1, 0.15) is 49.6 Å². The van der Waals surface area contributed by atoms with Crippen molar-refractivity contribution >= 4 is 23.0 Å². The summed E-state index contributed by atoms with van der Waals surface area (Å²) in [5.41, 5.74) is 5.16. The maximum atomic E-state index is 5.45. The summed E-state index contributed by atoms with van der Waals surface area (Å²) < 4.78 is 5.45. The molecule has 0 saturated carbocycles. The number of ether oxygens (including phenoxy) is 1. The third-order valence-corrected chi connectivity index (χ3v) is 8.10. The van der Waals surface area contributed by atoms with Crippen LogP contribution < -0.4 is 10.1 Å². The van der Waals surface area contributed by atoms with Gasteiger partial charge in [-0.3, -0.25) is 0 Å². The predicted molar refractivity (Wildman–Crippen MR) is 153 cm³/mol. The molecule has 2 aromatic carbocycles. The number of nitrogens with one attached hydrogen (secondary N) is 1. The van der Waals surface area contributed by atoms with Crippen molar-refractivity contribution in [3.63, 3.8) is 0 Å². The monoisotopic (exact) mass is 513 g/mol. The van der Waals surface area contributed by atoms with Gasteiger partial charge in [-0.05, 0) is 81.2 Å². The van der Waals surface area contributed by atoms with Gasteiger partial charge in [-0.1, -0.05) is 38.1 Å². The van der Waals surface area contributed by atoms with Crippen molar-refractivity contribution in [3.8, 4) is 27.6 Å². The number of thiazole rings is 1. The van der Waals surface area contributed by atoms with Crippen molar-refractivity contribution in [1.29, 1.82) is 0 Å². The average Bonchev–Trinajstić information content (AvgIpc) is 3.61. The molecule has 1 aliphatic rings. The first-order valence-electron chi connectivity index (χ1n) is 13.2. The van der Waals surface area contributed by atoms with Crippen molar-refractivity contribution in [2.24, 2.45) is 0 Å². The minimum absolute atomic E-state index is 0.330. The average molecular weight is 514 g/mol. The van der Waals surface area contributed by atoms with Gasteiger partial charge in [0.25, 0.3) is 0 Å². The number of rotatable bonds is 10. The molecule has 1 fully saturated rings. The van der Waals surface area contributed by atoms with Crippen LogP contribution in [0.3, 0.4) is 0 Å². The molecule has 0 spiro atoms. The van der Waals surface area contributed by atoms with E-state index in [0.29, 0.717) is 11.9 Å². The zero-order chi connectivity index (χ0) is 25.6. The number of hydrogen-bond acceptors (Lipinski definition) is 7. The van der Waals surface area contributed by atoms with Crippen LogP contribution in [0.15, 0.2) is 60.8 Å². The molecule has 5 rings (SSSR count). The van der Waals surface area contributed by atoms with Crippen LogP contribution in [0.4, 0.5) is 11.6 Å². The van der Waals surface area contributed by atoms with Crippen LogP contribution in [-0.4, -0.2) is 46.6 Å². The van der Waals surface area contributed by atoms with Crippen molar-refractivity contribution in [2.75, 3.05) is 32.1 Å². The molecule has 0 radical (unpaired) electrons. The number of anilines is 2.